The van der Waals surface area contributed by atoms with Gasteiger partial charge < -0.3 is 26.2 Å². The second kappa shape index (κ2) is 15.3. The number of piperidine rings is 1. The second-order valence-electron chi connectivity index (χ2n) is 16.4. The normalized spacial score (nSPS) is 22.3. The van der Waals surface area contributed by atoms with Gasteiger partial charge in [-0.25, -0.2) is 13.2 Å². The summed E-state index contributed by atoms with van der Waals surface area (Å²) in [6.45, 7) is 24.6. The van der Waals surface area contributed by atoms with E-state index in [0.29, 0.717) is 13.0 Å². The number of ketones is 1. The second-order valence-corrected chi connectivity index (χ2v) is 18.3. The SMILES string of the molecule is C=CCNC(=O)C(=O)C(CCC)NC(=O)[C@@H]1[C@@H]2[C@H](CN1C(=O)[C@@H](NC(=O)N[C@H](CN(C(C)C)S(C)(=O)=O)C(C)(C)C)C(C)(C)C)C2(C)C. The standard InChI is InChI=1S/C34H60N6O7S/c1-14-16-22(26(41)29(43)35-17-15-2)36-28(42)25-24-21(34(24,11)12)18-39(25)30(44)27(33(8,9)10)38-31(45)37-23(32(5,6)7)19-40(20(3)4)48(13,46)47/h15,20-25,27H,2,14,16-19H2,1,3-13H3,(H,35,43)(H,36,42)(H2,37,38,45)/t21-,22?,23+,24-,25-,27+/m0/s1. The molecule has 0 aromatic heterocycles. The Balaban J connectivity index is 2.35. The molecule has 1 saturated carbocycles. The van der Waals surface area contributed by atoms with Gasteiger partial charge in [0, 0.05) is 31.7 Å². The number of likely N-dealkylation sites (tertiary alicyclic amines) is 1. The van der Waals surface area contributed by atoms with Crippen LogP contribution in [0.25, 0.3) is 0 Å². The minimum atomic E-state index is -3.56. The molecule has 48 heavy (non-hydrogen) atoms. The number of urea groups is 1. The zero-order valence-corrected chi connectivity index (χ0v) is 31.8. The predicted molar refractivity (Wildman–Crippen MR) is 186 cm³/mol. The summed E-state index contributed by atoms with van der Waals surface area (Å²) in [5, 5.41) is 11.0. The molecule has 2 rings (SSSR count). The highest BCUT2D eigenvalue weighted by Crippen LogP contribution is 2.65. The molecular weight excluding hydrogens is 636 g/mol. The maximum atomic E-state index is 14.3. The lowest BCUT2D eigenvalue weighted by molar-refractivity contribution is -0.145. The summed E-state index contributed by atoms with van der Waals surface area (Å²) in [4.78, 5) is 68.8. The van der Waals surface area contributed by atoms with Crippen LogP contribution in [0.4, 0.5) is 4.79 Å². The van der Waals surface area contributed by atoms with Crippen LogP contribution in [-0.4, -0.2) is 103 Å². The number of amides is 5. The van der Waals surface area contributed by atoms with E-state index >= 15 is 0 Å². The molecule has 2 fully saturated rings. The van der Waals surface area contributed by atoms with E-state index in [1.165, 1.54) is 15.3 Å². The first-order valence-electron chi connectivity index (χ1n) is 16.9. The van der Waals surface area contributed by atoms with Crippen molar-refractivity contribution in [3.63, 3.8) is 0 Å². The number of hydrogen-bond donors (Lipinski definition) is 4. The van der Waals surface area contributed by atoms with E-state index in [-0.39, 0.29) is 42.8 Å². The molecule has 1 aliphatic heterocycles. The monoisotopic (exact) mass is 696 g/mol. The molecule has 1 heterocycles. The molecule has 4 N–H and O–H groups in total. The average molecular weight is 697 g/mol. The molecule has 0 aromatic carbocycles. The number of carbonyl (C=O) groups excluding carboxylic acids is 5. The molecule has 2 aliphatic rings. The van der Waals surface area contributed by atoms with Gasteiger partial charge >= 0.3 is 6.03 Å². The van der Waals surface area contributed by atoms with Crippen LogP contribution in [0.5, 0.6) is 0 Å². The number of Topliss-reactive ketones (excluding diaryl/α,β-unsaturated/α-hetero) is 1. The van der Waals surface area contributed by atoms with E-state index < -0.39 is 74.6 Å². The molecule has 0 aromatic rings. The molecule has 0 radical (unpaired) electrons. The largest absolute Gasteiger partial charge is 0.346 e. The van der Waals surface area contributed by atoms with Crippen molar-refractivity contribution >= 4 is 39.6 Å². The Bertz CT molecular complexity index is 1350. The van der Waals surface area contributed by atoms with Crippen LogP contribution < -0.4 is 21.3 Å². The van der Waals surface area contributed by atoms with Gasteiger partial charge in [-0.05, 0) is 48.3 Å². The molecule has 0 bridgehead atoms. The Morgan fingerprint density at radius 1 is 1.00 bits per heavy atom. The Hall–Kier alpha value is -3.00. The van der Waals surface area contributed by atoms with Crippen LogP contribution in [0.15, 0.2) is 12.7 Å². The summed E-state index contributed by atoms with van der Waals surface area (Å²) < 4.78 is 26.4. The van der Waals surface area contributed by atoms with E-state index in [1.807, 2.05) is 62.3 Å². The van der Waals surface area contributed by atoms with Crippen LogP contribution in [0, 0.1) is 28.1 Å². The lowest BCUT2D eigenvalue weighted by Crippen LogP contribution is -2.63. The topological polar surface area (TPSA) is 174 Å². The van der Waals surface area contributed by atoms with E-state index in [1.54, 1.807) is 13.8 Å². The Labute approximate surface area is 287 Å². The third-order valence-electron chi connectivity index (χ3n) is 9.70. The minimum absolute atomic E-state index is 0.0393. The Morgan fingerprint density at radius 3 is 2.04 bits per heavy atom. The fraction of sp³-hybridized carbons (Fsp3) is 0.794. The van der Waals surface area contributed by atoms with Crippen molar-refractivity contribution in [2.45, 2.75) is 119 Å². The zero-order chi connectivity index (χ0) is 37.2. The first-order chi connectivity index (χ1) is 21.8. The zero-order valence-electron chi connectivity index (χ0n) is 31.0. The van der Waals surface area contributed by atoms with E-state index in [9.17, 15) is 32.4 Å². The van der Waals surface area contributed by atoms with Gasteiger partial charge in [0.05, 0.1) is 12.3 Å². The van der Waals surface area contributed by atoms with Gasteiger partial charge in [-0.2, -0.15) is 4.31 Å². The molecular formula is C34H60N6O7S. The van der Waals surface area contributed by atoms with Gasteiger partial charge in [0.25, 0.3) is 5.91 Å². The summed E-state index contributed by atoms with van der Waals surface area (Å²) in [5.74, 6) is -2.64. The molecule has 14 heteroatoms. The highest BCUT2D eigenvalue weighted by atomic mass is 32.2. The van der Waals surface area contributed by atoms with Crippen LogP contribution >= 0.6 is 0 Å². The maximum Gasteiger partial charge on any atom is 0.315 e. The molecule has 5 amide bonds. The number of nitrogens with zero attached hydrogens (tertiary/aromatic N) is 2. The van der Waals surface area contributed by atoms with Crippen LogP contribution in [0.1, 0.15) is 89.0 Å². The van der Waals surface area contributed by atoms with Gasteiger partial charge in [0.1, 0.15) is 12.1 Å². The molecule has 1 unspecified atom stereocenters. The first-order valence-corrected chi connectivity index (χ1v) is 18.7. The predicted octanol–water partition coefficient (Wildman–Crippen LogP) is 2.42. The molecule has 1 saturated heterocycles. The average Bonchev–Trinajstić information content (AvgIpc) is 3.25. The summed E-state index contributed by atoms with van der Waals surface area (Å²) in [6, 6.07) is -4.55. The van der Waals surface area contributed by atoms with Crippen molar-refractivity contribution < 1.29 is 32.4 Å². The van der Waals surface area contributed by atoms with Crippen LogP contribution in [0.3, 0.4) is 0 Å². The first kappa shape index (κ1) is 41.2. The van der Waals surface area contributed by atoms with Crippen molar-refractivity contribution in [3.05, 3.63) is 12.7 Å². The van der Waals surface area contributed by atoms with E-state index in [0.717, 1.165) is 6.26 Å². The Kier molecular flexibility index (Phi) is 13.1. The van der Waals surface area contributed by atoms with Crippen LogP contribution in [0.2, 0.25) is 0 Å². The fourth-order valence-electron chi connectivity index (χ4n) is 6.63. The lowest BCUT2D eigenvalue weighted by Gasteiger charge is -2.39. The third kappa shape index (κ3) is 9.79. The van der Waals surface area contributed by atoms with Gasteiger partial charge in [0.2, 0.25) is 27.6 Å². The fourth-order valence-corrected chi connectivity index (χ4v) is 7.81. The molecule has 13 nitrogen and oxygen atoms in total. The van der Waals surface area contributed by atoms with Crippen LogP contribution in [-0.2, 0) is 29.2 Å². The van der Waals surface area contributed by atoms with Crippen molar-refractivity contribution in [1.82, 2.24) is 30.5 Å². The number of nitrogens with one attached hydrogen (secondary N) is 4. The van der Waals surface area contributed by atoms with Gasteiger partial charge in [-0.3, -0.25) is 19.2 Å². The highest BCUT2D eigenvalue weighted by Gasteiger charge is 2.70. The highest BCUT2D eigenvalue weighted by molar-refractivity contribution is 7.88. The van der Waals surface area contributed by atoms with Gasteiger partial charge in [0.15, 0.2) is 0 Å². The summed E-state index contributed by atoms with van der Waals surface area (Å²) in [7, 11) is -3.56. The quantitative estimate of drug-likeness (QED) is 0.150. The van der Waals surface area contributed by atoms with E-state index in [4.69, 9.17) is 0 Å². The summed E-state index contributed by atoms with van der Waals surface area (Å²) >= 11 is 0. The smallest absolute Gasteiger partial charge is 0.315 e. The van der Waals surface area contributed by atoms with Gasteiger partial charge in [-0.15, -0.1) is 6.58 Å². The number of carbonyl (C=O) groups is 5. The van der Waals surface area contributed by atoms with Crippen molar-refractivity contribution in [1.29, 1.82) is 0 Å². The third-order valence-corrected chi connectivity index (χ3v) is 11.1. The minimum Gasteiger partial charge on any atom is -0.346 e. The van der Waals surface area contributed by atoms with Gasteiger partial charge in [-0.1, -0.05) is 74.8 Å². The van der Waals surface area contributed by atoms with Crippen molar-refractivity contribution in [2.24, 2.45) is 28.1 Å². The summed E-state index contributed by atoms with van der Waals surface area (Å²) in [5.41, 5.74) is -1.51. The molecule has 0 spiro atoms. The molecule has 6 atom stereocenters. The lowest BCUT2D eigenvalue weighted by atomic mass is 9.85. The number of fused-ring (bicyclic) bond motifs is 1. The van der Waals surface area contributed by atoms with Crippen molar-refractivity contribution in [3.8, 4) is 0 Å². The van der Waals surface area contributed by atoms with E-state index in [2.05, 4.69) is 27.8 Å². The maximum absolute atomic E-state index is 14.3. The van der Waals surface area contributed by atoms with Crippen molar-refractivity contribution in [2.75, 3.05) is 25.9 Å². The number of hydrogen-bond acceptors (Lipinski definition) is 7. The number of sulfonamides is 1. The Morgan fingerprint density at radius 2 is 1.58 bits per heavy atom. The molecule has 274 valence electrons. The molecule has 1 aliphatic carbocycles. The number of rotatable bonds is 15. The summed E-state index contributed by atoms with van der Waals surface area (Å²) in [6.07, 6.45) is 3.37.